The van der Waals surface area contributed by atoms with Crippen molar-refractivity contribution >= 4 is 5.96 Å². The molecule has 0 radical (unpaired) electrons. The maximum Gasteiger partial charge on any atom is 0.194 e. The third-order valence-corrected chi connectivity index (χ3v) is 3.97. The molecule has 0 bridgehead atoms. The van der Waals surface area contributed by atoms with Crippen LogP contribution in [0, 0.1) is 0 Å². The molecular weight excluding hydrogens is 262 g/mol. The zero-order chi connectivity index (χ0) is 14.7. The number of aryl methyl sites for hydroxylation is 1. The lowest BCUT2D eigenvalue weighted by molar-refractivity contribution is 0.378. The number of hydrogen-bond acceptors (Lipinski definition) is 2. The van der Waals surface area contributed by atoms with E-state index in [4.69, 9.17) is 0 Å². The fourth-order valence-corrected chi connectivity index (χ4v) is 2.73. The van der Waals surface area contributed by atoms with Crippen LogP contribution in [-0.2, 0) is 26.6 Å². The highest BCUT2D eigenvalue weighted by molar-refractivity contribution is 5.80. The Hall–Kier alpha value is -2.30. The standard InChI is InChI=1S/C16H21N5/c1-17-16(19-11-15-18-8-10-20(15)2)21-9-7-13-5-3-4-6-14(13)12-21/h3-6,8,10H,7,9,11-12H2,1-2H3,(H,17,19). The van der Waals surface area contributed by atoms with Crippen molar-refractivity contribution in [3.8, 4) is 0 Å². The van der Waals surface area contributed by atoms with Gasteiger partial charge >= 0.3 is 0 Å². The normalized spacial score (nSPS) is 15.0. The SMILES string of the molecule is CN=C(NCc1nccn1C)N1CCc2ccccc2C1. The molecular formula is C16H21N5. The molecule has 3 rings (SSSR count). The fraction of sp³-hybridized carbons (Fsp3) is 0.375. The van der Waals surface area contributed by atoms with Crippen LogP contribution in [0.4, 0.5) is 0 Å². The Morgan fingerprint density at radius 3 is 2.86 bits per heavy atom. The molecule has 1 aromatic heterocycles. The van der Waals surface area contributed by atoms with E-state index in [2.05, 4.69) is 44.5 Å². The molecule has 0 saturated heterocycles. The molecule has 0 unspecified atom stereocenters. The summed E-state index contributed by atoms with van der Waals surface area (Å²) in [5, 5.41) is 3.41. The molecule has 0 fully saturated rings. The molecule has 1 aliphatic heterocycles. The van der Waals surface area contributed by atoms with Crippen LogP contribution < -0.4 is 5.32 Å². The van der Waals surface area contributed by atoms with E-state index < -0.39 is 0 Å². The Morgan fingerprint density at radius 1 is 1.33 bits per heavy atom. The average Bonchev–Trinajstić information content (AvgIpc) is 2.93. The first kappa shape index (κ1) is 13.7. The number of nitrogens with one attached hydrogen (secondary N) is 1. The summed E-state index contributed by atoms with van der Waals surface area (Å²) < 4.78 is 2.02. The van der Waals surface area contributed by atoms with Crippen molar-refractivity contribution in [1.82, 2.24) is 19.8 Å². The molecule has 0 aliphatic carbocycles. The second kappa shape index (κ2) is 5.99. The van der Waals surface area contributed by atoms with Crippen molar-refractivity contribution in [2.45, 2.75) is 19.5 Å². The summed E-state index contributed by atoms with van der Waals surface area (Å²) in [6, 6.07) is 8.64. The molecule has 110 valence electrons. The summed E-state index contributed by atoms with van der Waals surface area (Å²) in [5.74, 6) is 1.95. The van der Waals surface area contributed by atoms with Gasteiger partial charge in [-0.3, -0.25) is 4.99 Å². The molecule has 0 saturated carbocycles. The van der Waals surface area contributed by atoms with Crippen LogP contribution in [-0.4, -0.2) is 34.0 Å². The first-order valence-corrected chi connectivity index (χ1v) is 7.26. The molecule has 1 N–H and O–H groups in total. The molecule has 21 heavy (non-hydrogen) atoms. The third-order valence-electron chi connectivity index (χ3n) is 3.97. The Kier molecular flexibility index (Phi) is 3.90. The van der Waals surface area contributed by atoms with E-state index in [-0.39, 0.29) is 0 Å². The number of fused-ring (bicyclic) bond motifs is 1. The van der Waals surface area contributed by atoms with Crippen LogP contribution >= 0.6 is 0 Å². The highest BCUT2D eigenvalue weighted by Crippen LogP contribution is 2.18. The van der Waals surface area contributed by atoms with Gasteiger partial charge in [0.05, 0.1) is 6.54 Å². The molecule has 2 heterocycles. The smallest absolute Gasteiger partial charge is 0.194 e. The summed E-state index contributed by atoms with van der Waals surface area (Å²) in [5.41, 5.74) is 2.84. The van der Waals surface area contributed by atoms with Crippen molar-refractivity contribution in [2.24, 2.45) is 12.0 Å². The Morgan fingerprint density at radius 2 is 2.14 bits per heavy atom. The largest absolute Gasteiger partial charge is 0.349 e. The lowest BCUT2D eigenvalue weighted by atomic mass is 10.0. The van der Waals surface area contributed by atoms with Crippen molar-refractivity contribution in [2.75, 3.05) is 13.6 Å². The highest BCUT2D eigenvalue weighted by atomic mass is 15.3. The number of hydrogen-bond donors (Lipinski definition) is 1. The van der Waals surface area contributed by atoms with Gasteiger partial charge in [-0.05, 0) is 17.5 Å². The predicted octanol–water partition coefficient (Wildman–Crippen LogP) is 1.55. The predicted molar refractivity (Wildman–Crippen MR) is 84.0 cm³/mol. The Bertz CT molecular complexity index is 644. The van der Waals surface area contributed by atoms with Crippen molar-refractivity contribution in [3.63, 3.8) is 0 Å². The van der Waals surface area contributed by atoms with Crippen LogP contribution in [0.25, 0.3) is 0 Å². The molecule has 5 nitrogen and oxygen atoms in total. The maximum absolute atomic E-state index is 4.41. The zero-order valence-electron chi connectivity index (χ0n) is 12.6. The summed E-state index contributed by atoms with van der Waals surface area (Å²) in [6.07, 6.45) is 4.84. The summed E-state index contributed by atoms with van der Waals surface area (Å²) >= 11 is 0. The molecule has 5 heteroatoms. The molecule has 1 aliphatic rings. The lowest BCUT2D eigenvalue weighted by Gasteiger charge is -2.31. The van der Waals surface area contributed by atoms with Crippen LogP contribution in [0.1, 0.15) is 17.0 Å². The minimum absolute atomic E-state index is 0.689. The van der Waals surface area contributed by atoms with Gasteiger partial charge in [-0.25, -0.2) is 4.98 Å². The van der Waals surface area contributed by atoms with Gasteiger partial charge in [0.15, 0.2) is 5.96 Å². The number of aliphatic imine (C=N–C) groups is 1. The van der Waals surface area contributed by atoms with Crippen molar-refractivity contribution < 1.29 is 0 Å². The second-order valence-electron chi connectivity index (χ2n) is 5.30. The minimum Gasteiger partial charge on any atom is -0.349 e. The lowest BCUT2D eigenvalue weighted by Crippen LogP contribution is -2.43. The van der Waals surface area contributed by atoms with Gasteiger partial charge in [-0.1, -0.05) is 24.3 Å². The zero-order valence-corrected chi connectivity index (χ0v) is 12.6. The van der Waals surface area contributed by atoms with Crippen LogP contribution in [0.3, 0.4) is 0 Å². The van der Waals surface area contributed by atoms with Crippen molar-refractivity contribution in [1.29, 1.82) is 0 Å². The number of benzene rings is 1. The monoisotopic (exact) mass is 283 g/mol. The molecule has 0 atom stereocenters. The maximum atomic E-state index is 4.41. The van der Waals surface area contributed by atoms with Gasteiger partial charge in [0, 0.05) is 39.6 Å². The fourth-order valence-electron chi connectivity index (χ4n) is 2.73. The van der Waals surface area contributed by atoms with Gasteiger partial charge in [0.2, 0.25) is 0 Å². The van der Waals surface area contributed by atoms with Gasteiger partial charge in [-0.2, -0.15) is 0 Å². The van der Waals surface area contributed by atoms with Crippen LogP contribution in [0.15, 0.2) is 41.7 Å². The summed E-state index contributed by atoms with van der Waals surface area (Å²) in [4.78, 5) is 11.0. The van der Waals surface area contributed by atoms with E-state index >= 15 is 0 Å². The van der Waals surface area contributed by atoms with E-state index in [1.54, 1.807) is 0 Å². The third kappa shape index (κ3) is 2.91. The molecule has 0 amide bonds. The molecule has 0 spiro atoms. The van der Waals surface area contributed by atoms with Crippen LogP contribution in [0.5, 0.6) is 0 Å². The number of nitrogens with zero attached hydrogens (tertiary/aromatic N) is 4. The van der Waals surface area contributed by atoms with Gasteiger partial charge in [0.1, 0.15) is 5.82 Å². The quantitative estimate of drug-likeness (QED) is 0.672. The van der Waals surface area contributed by atoms with Crippen molar-refractivity contribution in [3.05, 3.63) is 53.6 Å². The van der Waals surface area contributed by atoms with E-state index in [9.17, 15) is 0 Å². The molecule has 2 aromatic rings. The minimum atomic E-state index is 0.689. The summed E-state index contributed by atoms with van der Waals surface area (Å²) in [6.45, 7) is 2.60. The Balaban J connectivity index is 1.67. The number of imidazole rings is 1. The summed E-state index contributed by atoms with van der Waals surface area (Å²) in [7, 11) is 3.84. The molecule has 1 aromatic carbocycles. The van der Waals surface area contributed by atoms with Gasteiger partial charge < -0.3 is 14.8 Å². The first-order chi connectivity index (χ1) is 10.3. The first-order valence-electron chi connectivity index (χ1n) is 7.26. The van der Waals surface area contributed by atoms with E-state index in [0.717, 1.165) is 31.3 Å². The number of aromatic nitrogens is 2. The Labute approximate surface area is 125 Å². The van der Waals surface area contributed by atoms with E-state index in [1.807, 2.05) is 31.1 Å². The average molecular weight is 283 g/mol. The van der Waals surface area contributed by atoms with Crippen LogP contribution in [0.2, 0.25) is 0 Å². The van der Waals surface area contributed by atoms with E-state index in [1.165, 1.54) is 11.1 Å². The highest BCUT2D eigenvalue weighted by Gasteiger charge is 2.18. The number of guanidine groups is 1. The van der Waals surface area contributed by atoms with Gasteiger partial charge in [-0.15, -0.1) is 0 Å². The second-order valence-corrected chi connectivity index (χ2v) is 5.30. The topological polar surface area (TPSA) is 45.5 Å². The number of rotatable bonds is 2. The van der Waals surface area contributed by atoms with Gasteiger partial charge in [0.25, 0.3) is 0 Å². The van der Waals surface area contributed by atoms with E-state index in [0.29, 0.717) is 6.54 Å².